The highest BCUT2D eigenvalue weighted by Gasteiger charge is 2.32. The highest BCUT2D eigenvalue weighted by Crippen LogP contribution is 2.32. The van der Waals surface area contributed by atoms with E-state index in [-0.39, 0.29) is 18.3 Å². The molecule has 0 radical (unpaired) electrons. The number of aliphatic hydroxyl groups is 1. The van der Waals surface area contributed by atoms with Crippen LogP contribution in [0.1, 0.15) is 26.7 Å². The van der Waals surface area contributed by atoms with Crippen LogP contribution in [0, 0.1) is 0 Å². The molecule has 0 bridgehead atoms. The lowest BCUT2D eigenvalue weighted by Gasteiger charge is -2.38. The minimum atomic E-state index is -0.0441. The fourth-order valence-electron chi connectivity index (χ4n) is 1.56. The molecule has 0 saturated carbocycles. The number of rotatable bonds is 1. The van der Waals surface area contributed by atoms with Crippen LogP contribution in [0.2, 0.25) is 0 Å². The summed E-state index contributed by atoms with van der Waals surface area (Å²) in [5.41, 5.74) is -0.0441. The number of ether oxygens (including phenoxy) is 1. The first-order valence-corrected chi connectivity index (χ1v) is 5.21. The van der Waals surface area contributed by atoms with E-state index in [2.05, 4.69) is 36.4 Å². The molecule has 0 spiro atoms. The van der Waals surface area contributed by atoms with Crippen LogP contribution in [0.5, 0.6) is 0 Å². The molecule has 1 N–H and O–H groups in total. The first-order valence-electron chi connectivity index (χ1n) is 3.96. The molecule has 1 heterocycles. The summed E-state index contributed by atoms with van der Waals surface area (Å²) in [6.45, 7) is 4.32. The van der Waals surface area contributed by atoms with E-state index in [0.29, 0.717) is 3.92 Å². The first-order chi connectivity index (χ1) is 5.03. The van der Waals surface area contributed by atoms with Gasteiger partial charge in [-0.05, 0) is 26.7 Å². The molecule has 1 rings (SSSR count). The molecular weight excluding hydrogens is 255 g/mol. The van der Waals surface area contributed by atoms with Gasteiger partial charge in [-0.3, -0.25) is 0 Å². The topological polar surface area (TPSA) is 29.5 Å². The third-order valence-electron chi connectivity index (χ3n) is 1.92. The van der Waals surface area contributed by atoms with E-state index in [1.807, 2.05) is 0 Å². The molecule has 1 aliphatic rings. The molecule has 11 heavy (non-hydrogen) atoms. The Bertz CT molecular complexity index is 136. The maximum atomic E-state index is 8.91. The molecule has 3 heteroatoms. The number of hydrogen-bond acceptors (Lipinski definition) is 2. The van der Waals surface area contributed by atoms with E-state index in [9.17, 15) is 0 Å². The maximum Gasteiger partial charge on any atom is 0.0823 e. The zero-order valence-electron chi connectivity index (χ0n) is 7.01. The molecule has 1 saturated heterocycles. The van der Waals surface area contributed by atoms with Crippen LogP contribution in [0.25, 0.3) is 0 Å². The van der Waals surface area contributed by atoms with Crippen LogP contribution in [-0.2, 0) is 4.74 Å². The van der Waals surface area contributed by atoms with Crippen LogP contribution in [0.15, 0.2) is 0 Å². The summed E-state index contributed by atoms with van der Waals surface area (Å²) in [5, 5.41) is 8.91. The second-order valence-electron chi connectivity index (χ2n) is 3.72. The molecule has 2 atom stereocenters. The Morgan fingerprint density at radius 2 is 2.27 bits per heavy atom. The predicted molar refractivity (Wildman–Crippen MR) is 53.1 cm³/mol. The molecule has 66 valence electrons. The van der Waals surface area contributed by atoms with Crippen molar-refractivity contribution in [1.82, 2.24) is 0 Å². The van der Waals surface area contributed by atoms with Gasteiger partial charge in [0.15, 0.2) is 0 Å². The van der Waals surface area contributed by atoms with Crippen molar-refractivity contribution in [1.29, 1.82) is 0 Å². The van der Waals surface area contributed by atoms with E-state index in [1.54, 1.807) is 0 Å². The van der Waals surface area contributed by atoms with Gasteiger partial charge in [0.2, 0.25) is 0 Å². The largest absolute Gasteiger partial charge is 0.394 e. The highest BCUT2D eigenvalue weighted by molar-refractivity contribution is 14.1. The summed E-state index contributed by atoms with van der Waals surface area (Å²) in [6, 6.07) is 0. The normalized spacial score (nSPS) is 37.1. The highest BCUT2D eigenvalue weighted by atomic mass is 127. The molecule has 1 fully saturated rings. The van der Waals surface area contributed by atoms with Crippen molar-refractivity contribution in [2.45, 2.75) is 42.3 Å². The molecule has 2 unspecified atom stereocenters. The Labute approximate surface area is 81.5 Å². The van der Waals surface area contributed by atoms with Crippen molar-refractivity contribution in [3.05, 3.63) is 0 Å². The van der Waals surface area contributed by atoms with E-state index < -0.39 is 0 Å². The first kappa shape index (κ1) is 9.74. The molecule has 0 amide bonds. The lowest BCUT2D eigenvalue weighted by atomic mass is 9.95. The van der Waals surface area contributed by atoms with Gasteiger partial charge in [-0.1, -0.05) is 22.6 Å². The molecule has 0 aromatic rings. The van der Waals surface area contributed by atoms with Crippen LogP contribution in [-0.4, -0.2) is 27.3 Å². The van der Waals surface area contributed by atoms with Crippen molar-refractivity contribution in [3.63, 3.8) is 0 Å². The Morgan fingerprint density at radius 1 is 1.64 bits per heavy atom. The fraction of sp³-hybridized carbons (Fsp3) is 1.00. The quantitative estimate of drug-likeness (QED) is 0.581. The van der Waals surface area contributed by atoms with Crippen molar-refractivity contribution in [3.8, 4) is 0 Å². The van der Waals surface area contributed by atoms with Crippen LogP contribution in [0.3, 0.4) is 0 Å². The molecule has 0 aliphatic carbocycles. The number of halogens is 1. The summed E-state index contributed by atoms with van der Waals surface area (Å²) in [4.78, 5) is 0. The Hall–Kier alpha value is 0.650. The molecule has 2 nitrogen and oxygen atoms in total. The van der Waals surface area contributed by atoms with Crippen molar-refractivity contribution < 1.29 is 9.84 Å². The van der Waals surface area contributed by atoms with Gasteiger partial charge >= 0.3 is 0 Å². The van der Waals surface area contributed by atoms with Crippen LogP contribution in [0.4, 0.5) is 0 Å². The van der Waals surface area contributed by atoms with Gasteiger partial charge in [0.25, 0.3) is 0 Å². The molecule has 1 aliphatic heterocycles. The van der Waals surface area contributed by atoms with Gasteiger partial charge in [0.1, 0.15) is 0 Å². The minimum absolute atomic E-state index is 0.0441. The Balaban J connectivity index is 2.51. The van der Waals surface area contributed by atoms with E-state index in [4.69, 9.17) is 9.84 Å². The number of alkyl halides is 1. The molecule has 0 aromatic carbocycles. The Kier molecular flexibility index (Phi) is 3.17. The zero-order chi connectivity index (χ0) is 8.48. The number of hydrogen-bond donors (Lipinski definition) is 1. The lowest BCUT2D eigenvalue weighted by molar-refractivity contribution is -0.118. The second-order valence-corrected chi connectivity index (χ2v) is 5.48. The van der Waals surface area contributed by atoms with Gasteiger partial charge in [-0.2, -0.15) is 0 Å². The van der Waals surface area contributed by atoms with Crippen LogP contribution < -0.4 is 0 Å². The lowest BCUT2D eigenvalue weighted by Crippen LogP contribution is -2.41. The minimum Gasteiger partial charge on any atom is -0.394 e. The zero-order valence-corrected chi connectivity index (χ0v) is 9.17. The van der Waals surface area contributed by atoms with E-state index >= 15 is 0 Å². The average molecular weight is 270 g/mol. The summed E-state index contributed by atoms with van der Waals surface area (Å²) in [5.74, 6) is 0. The summed E-state index contributed by atoms with van der Waals surface area (Å²) in [7, 11) is 0. The van der Waals surface area contributed by atoms with Crippen LogP contribution >= 0.6 is 22.6 Å². The van der Waals surface area contributed by atoms with Crippen molar-refractivity contribution in [2.24, 2.45) is 0 Å². The SMILES string of the molecule is CC1(C)CC(I)CC(CO)O1. The smallest absolute Gasteiger partial charge is 0.0823 e. The van der Waals surface area contributed by atoms with Crippen molar-refractivity contribution >= 4 is 22.6 Å². The van der Waals surface area contributed by atoms with Gasteiger partial charge < -0.3 is 9.84 Å². The molecule has 0 aromatic heterocycles. The number of aliphatic hydroxyl groups excluding tert-OH is 1. The third kappa shape index (κ3) is 2.87. The fourth-order valence-corrected chi connectivity index (χ4v) is 3.19. The third-order valence-corrected chi connectivity index (χ3v) is 2.87. The van der Waals surface area contributed by atoms with Gasteiger partial charge in [-0.15, -0.1) is 0 Å². The van der Waals surface area contributed by atoms with Gasteiger partial charge in [0, 0.05) is 3.92 Å². The molecular formula is C8H15IO2. The van der Waals surface area contributed by atoms with E-state index in [1.165, 1.54) is 0 Å². The average Bonchev–Trinajstić information content (AvgIpc) is 1.83. The van der Waals surface area contributed by atoms with E-state index in [0.717, 1.165) is 12.8 Å². The summed E-state index contributed by atoms with van der Waals surface area (Å²) < 4.78 is 6.29. The van der Waals surface area contributed by atoms with Crippen molar-refractivity contribution in [2.75, 3.05) is 6.61 Å². The summed E-state index contributed by atoms with van der Waals surface area (Å²) >= 11 is 2.43. The Morgan fingerprint density at radius 3 is 2.73 bits per heavy atom. The van der Waals surface area contributed by atoms with Gasteiger partial charge in [0.05, 0.1) is 18.3 Å². The maximum absolute atomic E-state index is 8.91. The monoisotopic (exact) mass is 270 g/mol. The summed E-state index contributed by atoms with van der Waals surface area (Å²) in [6.07, 6.45) is 2.13. The predicted octanol–water partition coefficient (Wildman–Crippen LogP) is 1.74. The standard InChI is InChI=1S/C8H15IO2/c1-8(2)4-6(9)3-7(5-10)11-8/h6-7,10H,3-5H2,1-2H3. The van der Waals surface area contributed by atoms with Gasteiger partial charge in [-0.25, -0.2) is 0 Å². The second kappa shape index (κ2) is 3.58.